The normalized spacial score (nSPS) is 12.9. The molecule has 0 aliphatic carbocycles. The number of hydrogen-bond donors (Lipinski definition) is 1. The van der Waals surface area contributed by atoms with E-state index in [9.17, 15) is 22.5 Å². The lowest BCUT2D eigenvalue weighted by Crippen LogP contribution is -2.09. The fraction of sp³-hybridized carbons (Fsp3) is 0.188. The monoisotopic (exact) mass is 342 g/mol. The Labute approximate surface area is 133 Å². The maximum Gasteiger partial charge on any atom is 0.416 e. The minimum Gasteiger partial charge on any atom is -0.611 e. The fourth-order valence-corrected chi connectivity index (χ4v) is 3.30. The van der Waals surface area contributed by atoms with Crippen LogP contribution in [0.3, 0.4) is 0 Å². The summed E-state index contributed by atoms with van der Waals surface area (Å²) < 4.78 is 50.4. The molecular formula is C16H13F3O3S. The number of alkyl halides is 3. The van der Waals surface area contributed by atoms with Crippen molar-refractivity contribution < 1.29 is 27.6 Å². The number of halogens is 3. The van der Waals surface area contributed by atoms with Gasteiger partial charge in [0.15, 0.2) is 4.90 Å². The van der Waals surface area contributed by atoms with Gasteiger partial charge < -0.3 is 9.66 Å². The largest absolute Gasteiger partial charge is 0.611 e. The standard InChI is InChI=1S/C16H13F3O3S/c1-10-5-12(15(20)21)8-14(6-10)23(22)9-11-3-2-4-13(7-11)16(17,18)19/h2-8H,9H2,1H3,(H,20,21). The van der Waals surface area contributed by atoms with Crippen LogP contribution >= 0.6 is 0 Å². The highest BCUT2D eigenvalue weighted by molar-refractivity contribution is 7.90. The Balaban J connectivity index is 2.26. The van der Waals surface area contributed by atoms with E-state index in [1.54, 1.807) is 13.0 Å². The lowest BCUT2D eigenvalue weighted by molar-refractivity contribution is -0.137. The van der Waals surface area contributed by atoms with Crippen molar-refractivity contribution in [1.82, 2.24) is 0 Å². The summed E-state index contributed by atoms with van der Waals surface area (Å²) in [6, 6.07) is 8.89. The van der Waals surface area contributed by atoms with Crippen molar-refractivity contribution in [3.05, 3.63) is 64.7 Å². The van der Waals surface area contributed by atoms with Crippen molar-refractivity contribution in [2.24, 2.45) is 0 Å². The van der Waals surface area contributed by atoms with Crippen molar-refractivity contribution in [2.75, 3.05) is 0 Å². The number of hydrogen-bond acceptors (Lipinski definition) is 2. The average Bonchev–Trinajstić information content (AvgIpc) is 2.46. The SMILES string of the molecule is Cc1cc(C(=O)O)cc([S+]([O-])Cc2cccc(C(F)(F)F)c2)c1. The van der Waals surface area contributed by atoms with Crippen LogP contribution in [0.15, 0.2) is 47.4 Å². The summed E-state index contributed by atoms with van der Waals surface area (Å²) in [4.78, 5) is 11.3. The van der Waals surface area contributed by atoms with Crippen molar-refractivity contribution in [3.8, 4) is 0 Å². The molecule has 0 amide bonds. The molecule has 1 atom stereocenters. The van der Waals surface area contributed by atoms with Gasteiger partial charge in [0.2, 0.25) is 0 Å². The first-order valence-electron chi connectivity index (χ1n) is 6.56. The van der Waals surface area contributed by atoms with Crippen LogP contribution in [0.5, 0.6) is 0 Å². The fourth-order valence-electron chi connectivity index (χ4n) is 2.08. The minimum atomic E-state index is -4.46. The molecule has 2 aromatic carbocycles. The minimum absolute atomic E-state index is 0.00241. The van der Waals surface area contributed by atoms with Gasteiger partial charge in [0.1, 0.15) is 5.75 Å². The summed E-state index contributed by atoms with van der Waals surface area (Å²) in [6.07, 6.45) is -4.46. The molecule has 0 aliphatic heterocycles. The van der Waals surface area contributed by atoms with E-state index in [1.807, 2.05) is 0 Å². The van der Waals surface area contributed by atoms with Gasteiger partial charge in [-0.15, -0.1) is 0 Å². The van der Waals surface area contributed by atoms with Gasteiger partial charge in [0, 0.05) is 11.6 Å². The van der Waals surface area contributed by atoms with Gasteiger partial charge in [-0.3, -0.25) is 0 Å². The third kappa shape index (κ3) is 4.49. The molecule has 7 heteroatoms. The topological polar surface area (TPSA) is 60.4 Å². The molecule has 1 N–H and O–H groups in total. The van der Waals surface area contributed by atoms with Crippen LogP contribution in [-0.4, -0.2) is 15.6 Å². The first-order valence-corrected chi connectivity index (χ1v) is 7.88. The van der Waals surface area contributed by atoms with Crippen LogP contribution in [0.4, 0.5) is 13.2 Å². The Morgan fingerprint density at radius 3 is 2.52 bits per heavy atom. The van der Waals surface area contributed by atoms with Crippen molar-refractivity contribution in [2.45, 2.75) is 23.7 Å². The summed E-state index contributed by atoms with van der Waals surface area (Å²) in [5.74, 6) is -1.27. The molecule has 0 radical (unpaired) electrons. The predicted molar refractivity (Wildman–Crippen MR) is 79.7 cm³/mol. The van der Waals surface area contributed by atoms with E-state index in [-0.39, 0.29) is 21.8 Å². The molecule has 0 bridgehead atoms. The number of aryl methyl sites for hydroxylation is 1. The summed E-state index contributed by atoms with van der Waals surface area (Å²) in [5, 5.41) is 9.01. The van der Waals surface area contributed by atoms with Gasteiger partial charge in [-0.2, -0.15) is 13.2 Å². The van der Waals surface area contributed by atoms with Gasteiger partial charge in [-0.05, 0) is 47.9 Å². The average molecular weight is 342 g/mol. The van der Waals surface area contributed by atoms with E-state index in [0.717, 1.165) is 12.1 Å². The van der Waals surface area contributed by atoms with Crippen LogP contribution in [-0.2, 0) is 23.1 Å². The maximum atomic E-state index is 12.7. The molecule has 0 heterocycles. The molecule has 23 heavy (non-hydrogen) atoms. The molecule has 0 saturated heterocycles. The zero-order chi connectivity index (χ0) is 17.2. The summed E-state index contributed by atoms with van der Waals surface area (Å²) in [5.41, 5.74) is 0.0914. The second-order valence-electron chi connectivity index (χ2n) is 5.03. The first kappa shape index (κ1) is 17.4. The molecule has 0 spiro atoms. The molecule has 0 fully saturated rings. The lowest BCUT2D eigenvalue weighted by atomic mass is 10.1. The van der Waals surface area contributed by atoms with Crippen LogP contribution < -0.4 is 0 Å². The predicted octanol–water partition coefficient (Wildman–Crippen LogP) is 4.02. The third-order valence-corrected chi connectivity index (χ3v) is 4.47. The van der Waals surface area contributed by atoms with E-state index in [1.165, 1.54) is 24.3 Å². The quantitative estimate of drug-likeness (QED) is 0.854. The maximum absolute atomic E-state index is 12.7. The summed E-state index contributed by atoms with van der Waals surface area (Å²) in [6.45, 7) is 1.66. The molecule has 0 aliphatic rings. The van der Waals surface area contributed by atoms with Crippen molar-refractivity contribution >= 4 is 17.1 Å². The number of carboxylic acids is 1. The number of benzene rings is 2. The molecule has 3 nitrogen and oxygen atoms in total. The number of aromatic carboxylic acids is 1. The van der Waals surface area contributed by atoms with Gasteiger partial charge in [0.25, 0.3) is 0 Å². The van der Waals surface area contributed by atoms with Crippen LogP contribution in [0.25, 0.3) is 0 Å². The second kappa shape index (κ2) is 6.64. The van der Waals surface area contributed by atoms with E-state index in [2.05, 4.69) is 0 Å². The lowest BCUT2D eigenvalue weighted by Gasteiger charge is -2.13. The smallest absolute Gasteiger partial charge is 0.416 e. The Bertz CT molecular complexity index is 729. The van der Waals surface area contributed by atoms with E-state index in [0.29, 0.717) is 5.56 Å². The van der Waals surface area contributed by atoms with Gasteiger partial charge in [-0.1, -0.05) is 12.1 Å². The highest BCUT2D eigenvalue weighted by atomic mass is 32.2. The van der Waals surface area contributed by atoms with Gasteiger partial charge >= 0.3 is 12.1 Å². The van der Waals surface area contributed by atoms with Gasteiger partial charge in [-0.25, -0.2) is 4.79 Å². The van der Waals surface area contributed by atoms with E-state index >= 15 is 0 Å². The van der Waals surface area contributed by atoms with Gasteiger partial charge in [0.05, 0.1) is 11.1 Å². The van der Waals surface area contributed by atoms with Crippen LogP contribution in [0.2, 0.25) is 0 Å². The molecular weight excluding hydrogens is 329 g/mol. The second-order valence-corrected chi connectivity index (χ2v) is 6.48. The zero-order valence-corrected chi connectivity index (χ0v) is 12.9. The molecule has 0 aromatic heterocycles. The Morgan fingerprint density at radius 1 is 1.22 bits per heavy atom. The molecule has 2 aromatic rings. The summed E-state index contributed by atoms with van der Waals surface area (Å²) in [7, 11) is 0. The van der Waals surface area contributed by atoms with Crippen LogP contribution in [0.1, 0.15) is 27.0 Å². The Morgan fingerprint density at radius 2 is 1.91 bits per heavy atom. The Kier molecular flexibility index (Phi) is 5.01. The first-order chi connectivity index (χ1) is 10.7. The highest BCUT2D eigenvalue weighted by Crippen LogP contribution is 2.30. The zero-order valence-electron chi connectivity index (χ0n) is 12.1. The number of carboxylic acid groups (broad SMARTS) is 1. The van der Waals surface area contributed by atoms with E-state index in [4.69, 9.17) is 5.11 Å². The summed E-state index contributed by atoms with van der Waals surface area (Å²) >= 11 is -1.64. The molecule has 122 valence electrons. The van der Waals surface area contributed by atoms with E-state index < -0.39 is 28.9 Å². The van der Waals surface area contributed by atoms with Crippen molar-refractivity contribution in [3.63, 3.8) is 0 Å². The van der Waals surface area contributed by atoms with Crippen LogP contribution in [0, 0.1) is 6.92 Å². The molecule has 1 unspecified atom stereocenters. The van der Waals surface area contributed by atoms with Crippen molar-refractivity contribution in [1.29, 1.82) is 0 Å². The third-order valence-electron chi connectivity index (χ3n) is 3.11. The Hall–Kier alpha value is -1.99. The molecule has 2 rings (SSSR count). The highest BCUT2D eigenvalue weighted by Gasteiger charge is 2.30. The number of rotatable bonds is 4. The molecule has 0 saturated carbocycles. The number of carbonyl (C=O) groups is 1.